The molecule has 1 fully saturated rings. The number of piperidine rings is 1. The monoisotopic (exact) mass is 327 g/mol. The number of halogens is 3. The van der Waals surface area contributed by atoms with Gasteiger partial charge in [0.1, 0.15) is 6.54 Å². The molecule has 0 bridgehead atoms. The number of alkyl halides is 3. The summed E-state index contributed by atoms with van der Waals surface area (Å²) in [5, 5.41) is 10.2. The van der Waals surface area contributed by atoms with Gasteiger partial charge in [-0.15, -0.1) is 0 Å². The number of carbonyl (C=O) groups is 1. The van der Waals surface area contributed by atoms with Crippen molar-refractivity contribution in [1.29, 1.82) is 0 Å². The predicted molar refractivity (Wildman–Crippen MR) is 74.1 cm³/mol. The van der Waals surface area contributed by atoms with Crippen LogP contribution in [0.4, 0.5) is 13.2 Å². The average Bonchev–Trinajstić information content (AvgIpc) is 3.18. The normalized spacial score (nSPS) is 19.1. The SMILES string of the molecule is O=C(Cn1ccc(C(F)(F)F)n1)N1CCCCC1c1ccn[nH]1. The third kappa shape index (κ3) is 3.38. The van der Waals surface area contributed by atoms with Gasteiger partial charge in [0.2, 0.25) is 5.91 Å². The van der Waals surface area contributed by atoms with E-state index in [1.165, 1.54) is 6.20 Å². The van der Waals surface area contributed by atoms with Crippen LogP contribution in [0, 0.1) is 0 Å². The lowest BCUT2D eigenvalue weighted by atomic mass is 9.99. The number of H-pyrrole nitrogens is 1. The van der Waals surface area contributed by atoms with Gasteiger partial charge in [0, 0.05) is 18.9 Å². The fourth-order valence-electron chi connectivity index (χ4n) is 2.84. The minimum atomic E-state index is -4.50. The van der Waals surface area contributed by atoms with Crippen LogP contribution in [-0.4, -0.2) is 37.3 Å². The number of likely N-dealkylation sites (tertiary alicyclic amines) is 1. The highest BCUT2D eigenvalue weighted by Gasteiger charge is 2.34. The van der Waals surface area contributed by atoms with Gasteiger partial charge in [0.15, 0.2) is 5.69 Å². The van der Waals surface area contributed by atoms with Crippen LogP contribution in [0.15, 0.2) is 24.5 Å². The second-order valence-corrected chi connectivity index (χ2v) is 5.51. The van der Waals surface area contributed by atoms with Crippen LogP contribution < -0.4 is 0 Å². The molecule has 1 amide bonds. The molecular weight excluding hydrogens is 311 g/mol. The lowest BCUT2D eigenvalue weighted by molar-refractivity contribution is -0.142. The summed E-state index contributed by atoms with van der Waals surface area (Å²) in [5.41, 5.74) is -0.149. The Morgan fingerprint density at radius 2 is 2.17 bits per heavy atom. The highest BCUT2D eigenvalue weighted by molar-refractivity contribution is 5.76. The molecule has 124 valence electrons. The van der Waals surface area contributed by atoms with E-state index >= 15 is 0 Å². The summed E-state index contributed by atoms with van der Waals surface area (Å²) >= 11 is 0. The summed E-state index contributed by atoms with van der Waals surface area (Å²) in [4.78, 5) is 14.2. The first-order chi connectivity index (χ1) is 10.9. The first-order valence-corrected chi connectivity index (χ1v) is 7.34. The number of amides is 1. The van der Waals surface area contributed by atoms with Crippen molar-refractivity contribution >= 4 is 5.91 Å². The van der Waals surface area contributed by atoms with Crippen molar-refractivity contribution in [3.8, 4) is 0 Å². The van der Waals surface area contributed by atoms with Gasteiger partial charge in [0.05, 0.1) is 11.7 Å². The number of hydrogen-bond donors (Lipinski definition) is 1. The van der Waals surface area contributed by atoms with Crippen molar-refractivity contribution in [1.82, 2.24) is 24.9 Å². The summed E-state index contributed by atoms with van der Waals surface area (Å²) in [6.07, 6.45) is 0.973. The molecule has 23 heavy (non-hydrogen) atoms. The Bertz CT molecular complexity index is 664. The lowest BCUT2D eigenvalue weighted by Gasteiger charge is -2.35. The third-order valence-electron chi connectivity index (χ3n) is 3.93. The molecule has 0 radical (unpaired) electrons. The fourth-order valence-corrected chi connectivity index (χ4v) is 2.84. The number of nitrogens with zero attached hydrogens (tertiary/aromatic N) is 4. The van der Waals surface area contributed by atoms with Crippen molar-refractivity contribution in [2.75, 3.05) is 6.54 Å². The van der Waals surface area contributed by atoms with Crippen molar-refractivity contribution in [3.05, 3.63) is 35.9 Å². The molecule has 1 atom stereocenters. The van der Waals surface area contributed by atoms with Crippen molar-refractivity contribution < 1.29 is 18.0 Å². The van der Waals surface area contributed by atoms with Gasteiger partial charge < -0.3 is 4.90 Å². The first kappa shape index (κ1) is 15.6. The molecule has 0 spiro atoms. The van der Waals surface area contributed by atoms with E-state index in [0.29, 0.717) is 6.54 Å². The van der Waals surface area contributed by atoms with Gasteiger partial charge in [-0.2, -0.15) is 23.4 Å². The lowest BCUT2D eigenvalue weighted by Crippen LogP contribution is -2.40. The Balaban J connectivity index is 1.72. The number of rotatable bonds is 3. The zero-order valence-corrected chi connectivity index (χ0v) is 12.3. The van der Waals surface area contributed by atoms with E-state index < -0.39 is 11.9 Å². The summed E-state index contributed by atoms with van der Waals surface area (Å²) in [6, 6.07) is 2.57. The second-order valence-electron chi connectivity index (χ2n) is 5.51. The van der Waals surface area contributed by atoms with Crippen LogP contribution in [0.25, 0.3) is 0 Å². The number of nitrogens with one attached hydrogen (secondary N) is 1. The maximum atomic E-state index is 12.6. The third-order valence-corrected chi connectivity index (χ3v) is 3.93. The second kappa shape index (κ2) is 6.05. The molecule has 0 aliphatic carbocycles. The summed E-state index contributed by atoms with van der Waals surface area (Å²) in [6.45, 7) is 0.372. The Kier molecular flexibility index (Phi) is 4.10. The Morgan fingerprint density at radius 1 is 1.35 bits per heavy atom. The van der Waals surface area contributed by atoms with Crippen LogP contribution in [0.3, 0.4) is 0 Å². The van der Waals surface area contributed by atoms with E-state index in [-0.39, 0.29) is 18.5 Å². The van der Waals surface area contributed by atoms with E-state index in [2.05, 4.69) is 15.3 Å². The molecule has 1 saturated heterocycles. The first-order valence-electron chi connectivity index (χ1n) is 7.34. The maximum Gasteiger partial charge on any atom is 0.435 e. The average molecular weight is 327 g/mol. The van der Waals surface area contributed by atoms with Gasteiger partial charge in [-0.05, 0) is 31.4 Å². The zero-order chi connectivity index (χ0) is 16.4. The van der Waals surface area contributed by atoms with Gasteiger partial charge in [-0.25, -0.2) is 0 Å². The minimum absolute atomic E-state index is 0.114. The van der Waals surface area contributed by atoms with Crippen molar-refractivity contribution in [2.45, 2.75) is 38.0 Å². The van der Waals surface area contributed by atoms with Crippen LogP contribution in [-0.2, 0) is 17.5 Å². The summed E-state index contributed by atoms with van der Waals surface area (Å²) in [7, 11) is 0. The largest absolute Gasteiger partial charge is 0.435 e. The predicted octanol–water partition coefficient (Wildman–Crippen LogP) is 2.38. The molecular formula is C14H16F3N5O. The molecule has 2 aromatic heterocycles. The van der Waals surface area contributed by atoms with E-state index in [9.17, 15) is 18.0 Å². The number of aromatic nitrogens is 4. The van der Waals surface area contributed by atoms with Gasteiger partial charge in [-0.1, -0.05) is 0 Å². The van der Waals surface area contributed by atoms with Crippen LogP contribution in [0.5, 0.6) is 0 Å². The van der Waals surface area contributed by atoms with E-state index in [1.54, 1.807) is 11.1 Å². The van der Waals surface area contributed by atoms with E-state index in [0.717, 1.165) is 35.7 Å². The highest BCUT2D eigenvalue weighted by Crippen LogP contribution is 2.30. The molecule has 0 saturated carbocycles. The van der Waals surface area contributed by atoms with Crippen LogP contribution in [0.2, 0.25) is 0 Å². The molecule has 9 heteroatoms. The molecule has 0 aromatic carbocycles. The standard InChI is InChI=1S/C14H16F3N5O/c15-14(16,17)12-5-8-21(20-12)9-13(23)22-7-2-1-3-11(22)10-4-6-18-19-10/h4-6,8,11H,1-3,7,9H2,(H,18,19). The van der Waals surface area contributed by atoms with Crippen molar-refractivity contribution in [2.24, 2.45) is 0 Å². The molecule has 2 aromatic rings. The summed E-state index contributed by atoms with van der Waals surface area (Å²) < 4.78 is 38.7. The zero-order valence-electron chi connectivity index (χ0n) is 12.3. The smallest absolute Gasteiger partial charge is 0.333 e. The van der Waals surface area contributed by atoms with E-state index in [4.69, 9.17) is 0 Å². The fraction of sp³-hybridized carbons (Fsp3) is 0.500. The number of aromatic amines is 1. The molecule has 3 rings (SSSR count). The molecule has 1 N–H and O–H groups in total. The summed E-state index contributed by atoms with van der Waals surface area (Å²) in [5.74, 6) is -0.249. The van der Waals surface area contributed by atoms with Crippen LogP contribution in [0.1, 0.15) is 36.7 Å². The number of hydrogen-bond acceptors (Lipinski definition) is 3. The highest BCUT2D eigenvalue weighted by atomic mass is 19.4. The quantitative estimate of drug-likeness (QED) is 0.941. The minimum Gasteiger partial charge on any atom is -0.333 e. The van der Waals surface area contributed by atoms with Crippen molar-refractivity contribution in [3.63, 3.8) is 0 Å². The topological polar surface area (TPSA) is 66.8 Å². The maximum absolute atomic E-state index is 12.6. The van der Waals surface area contributed by atoms with Gasteiger partial charge in [0.25, 0.3) is 0 Å². The Labute approximate surface area is 130 Å². The Morgan fingerprint density at radius 3 is 2.83 bits per heavy atom. The van der Waals surface area contributed by atoms with Gasteiger partial charge >= 0.3 is 6.18 Å². The molecule has 1 aliphatic rings. The molecule has 1 unspecified atom stereocenters. The van der Waals surface area contributed by atoms with Gasteiger partial charge in [-0.3, -0.25) is 14.6 Å². The van der Waals surface area contributed by atoms with E-state index in [1.807, 2.05) is 6.07 Å². The number of carbonyl (C=O) groups excluding carboxylic acids is 1. The molecule has 3 heterocycles. The molecule has 1 aliphatic heterocycles. The van der Waals surface area contributed by atoms with Crippen LogP contribution >= 0.6 is 0 Å². The molecule has 6 nitrogen and oxygen atoms in total. The Hall–Kier alpha value is -2.32.